The van der Waals surface area contributed by atoms with E-state index in [4.69, 9.17) is 0 Å². The van der Waals surface area contributed by atoms with Crippen molar-refractivity contribution in [2.24, 2.45) is 0 Å². The van der Waals surface area contributed by atoms with Crippen molar-refractivity contribution < 1.29 is 14.5 Å². The molecule has 122 valence electrons. The molecule has 1 saturated heterocycles. The number of non-ortho nitro benzene ring substituents is 1. The van der Waals surface area contributed by atoms with Crippen molar-refractivity contribution in [3.05, 3.63) is 75.8 Å². The topological polar surface area (TPSA) is 92.6 Å². The second-order valence-electron chi connectivity index (χ2n) is 5.74. The Labute approximate surface area is 138 Å². The molecule has 1 aliphatic rings. The Kier molecular flexibility index (Phi) is 3.76. The zero-order chi connectivity index (χ0) is 17.3. The van der Waals surface area contributed by atoms with Gasteiger partial charge in [0.1, 0.15) is 5.54 Å². The minimum atomic E-state index is -1.24. The van der Waals surface area contributed by atoms with Crippen LogP contribution < -0.4 is 5.32 Å². The summed E-state index contributed by atoms with van der Waals surface area (Å²) < 4.78 is 0. The van der Waals surface area contributed by atoms with E-state index in [9.17, 15) is 19.7 Å². The summed E-state index contributed by atoms with van der Waals surface area (Å²) in [5.41, 5.74) is 0.0392. The first-order chi connectivity index (χ1) is 11.4. The largest absolute Gasteiger partial charge is 0.325 e. The maximum Gasteiger partial charge on any atom is 0.325 e. The predicted octanol–water partition coefficient (Wildman–Crippen LogP) is 2.56. The molecule has 1 aliphatic heterocycles. The van der Waals surface area contributed by atoms with E-state index in [1.807, 2.05) is 30.3 Å². The van der Waals surface area contributed by atoms with Crippen LogP contribution in [0.2, 0.25) is 0 Å². The van der Waals surface area contributed by atoms with Crippen LogP contribution in [0.1, 0.15) is 18.1 Å². The van der Waals surface area contributed by atoms with E-state index >= 15 is 0 Å². The van der Waals surface area contributed by atoms with Crippen molar-refractivity contribution in [1.29, 1.82) is 0 Å². The van der Waals surface area contributed by atoms with Crippen LogP contribution in [0.3, 0.4) is 0 Å². The number of nitrogens with zero attached hydrogens (tertiary/aromatic N) is 2. The third kappa shape index (κ3) is 2.60. The number of benzene rings is 2. The monoisotopic (exact) mass is 325 g/mol. The summed E-state index contributed by atoms with van der Waals surface area (Å²) in [7, 11) is 0. The van der Waals surface area contributed by atoms with Gasteiger partial charge in [-0.2, -0.15) is 0 Å². The average Bonchev–Trinajstić information content (AvgIpc) is 2.80. The minimum absolute atomic E-state index is 0.0692. The molecule has 0 spiro atoms. The Balaban J connectivity index is 1.87. The van der Waals surface area contributed by atoms with Crippen molar-refractivity contribution in [1.82, 2.24) is 10.2 Å². The number of carbonyl (C=O) groups excluding carboxylic acids is 2. The zero-order valence-corrected chi connectivity index (χ0v) is 12.9. The maximum atomic E-state index is 12.8. The fraction of sp³-hybridized carbons (Fsp3) is 0.176. The van der Waals surface area contributed by atoms with Crippen LogP contribution in [-0.4, -0.2) is 21.8 Å². The number of hydrogen-bond donors (Lipinski definition) is 1. The number of carbonyl (C=O) groups is 2. The summed E-state index contributed by atoms with van der Waals surface area (Å²) in [4.78, 5) is 36.4. The number of urea groups is 1. The van der Waals surface area contributed by atoms with Gasteiger partial charge in [0.15, 0.2) is 0 Å². The van der Waals surface area contributed by atoms with Crippen LogP contribution in [0, 0.1) is 10.1 Å². The number of nitrogens with one attached hydrogen (secondary N) is 1. The number of nitro groups is 1. The predicted molar refractivity (Wildman–Crippen MR) is 86.0 cm³/mol. The van der Waals surface area contributed by atoms with Gasteiger partial charge in [0.2, 0.25) is 0 Å². The van der Waals surface area contributed by atoms with Crippen molar-refractivity contribution in [3.63, 3.8) is 0 Å². The van der Waals surface area contributed by atoms with Gasteiger partial charge in [-0.1, -0.05) is 30.3 Å². The van der Waals surface area contributed by atoms with Gasteiger partial charge in [0.25, 0.3) is 11.6 Å². The average molecular weight is 325 g/mol. The Morgan fingerprint density at radius 3 is 2.29 bits per heavy atom. The lowest BCUT2D eigenvalue weighted by atomic mass is 9.92. The Hall–Kier alpha value is -3.22. The van der Waals surface area contributed by atoms with Crippen LogP contribution in [0.4, 0.5) is 10.5 Å². The molecule has 1 N–H and O–H groups in total. The van der Waals surface area contributed by atoms with Gasteiger partial charge < -0.3 is 5.32 Å². The van der Waals surface area contributed by atoms with E-state index < -0.39 is 16.5 Å². The van der Waals surface area contributed by atoms with E-state index in [1.54, 1.807) is 6.92 Å². The van der Waals surface area contributed by atoms with Crippen LogP contribution in [-0.2, 0) is 16.9 Å². The van der Waals surface area contributed by atoms with Gasteiger partial charge in [0, 0.05) is 12.1 Å². The normalized spacial score (nSPS) is 20.1. The van der Waals surface area contributed by atoms with Gasteiger partial charge in [-0.25, -0.2) is 4.79 Å². The molecule has 24 heavy (non-hydrogen) atoms. The highest BCUT2D eigenvalue weighted by Gasteiger charge is 2.48. The van der Waals surface area contributed by atoms with E-state index in [0.717, 1.165) is 10.5 Å². The van der Waals surface area contributed by atoms with Crippen LogP contribution in [0.5, 0.6) is 0 Å². The number of rotatable bonds is 4. The lowest BCUT2D eigenvalue weighted by Crippen LogP contribution is -2.40. The molecule has 7 heteroatoms. The Morgan fingerprint density at radius 1 is 1.08 bits per heavy atom. The molecule has 3 amide bonds. The summed E-state index contributed by atoms with van der Waals surface area (Å²) in [6.07, 6.45) is 0. The Bertz CT molecular complexity index is 804. The van der Waals surface area contributed by atoms with Gasteiger partial charge in [-0.15, -0.1) is 0 Å². The lowest BCUT2D eigenvalue weighted by Gasteiger charge is -2.22. The van der Waals surface area contributed by atoms with Crippen molar-refractivity contribution in [3.8, 4) is 0 Å². The summed E-state index contributed by atoms with van der Waals surface area (Å²) in [6, 6.07) is 14.3. The second-order valence-corrected chi connectivity index (χ2v) is 5.74. The molecule has 1 atom stereocenters. The summed E-state index contributed by atoms with van der Waals surface area (Å²) in [5, 5.41) is 13.4. The summed E-state index contributed by atoms with van der Waals surface area (Å²) in [6.45, 7) is 1.77. The molecular formula is C17H15N3O4. The first-order valence-corrected chi connectivity index (χ1v) is 7.35. The van der Waals surface area contributed by atoms with E-state index in [0.29, 0.717) is 5.56 Å². The third-order valence-electron chi connectivity index (χ3n) is 4.11. The first-order valence-electron chi connectivity index (χ1n) is 7.35. The minimum Gasteiger partial charge on any atom is -0.319 e. The SMILES string of the molecule is CC1(c2ccc([N+](=O)[O-])cc2)NC(=O)N(Cc2ccccc2)C1=O. The number of imide groups is 1. The van der Waals surface area contributed by atoms with Gasteiger partial charge in [-0.05, 0) is 30.2 Å². The quantitative estimate of drug-likeness (QED) is 0.531. The van der Waals surface area contributed by atoms with E-state index in [1.165, 1.54) is 24.3 Å². The smallest absolute Gasteiger partial charge is 0.319 e. The van der Waals surface area contributed by atoms with Gasteiger partial charge in [0.05, 0.1) is 11.5 Å². The standard InChI is InChI=1S/C17H15N3O4/c1-17(13-7-9-14(10-8-13)20(23)24)15(21)19(16(22)18-17)11-12-5-3-2-4-6-12/h2-10H,11H2,1H3,(H,18,22). The molecule has 0 aliphatic carbocycles. The highest BCUT2D eigenvalue weighted by atomic mass is 16.6. The molecule has 0 aromatic heterocycles. The van der Waals surface area contributed by atoms with Gasteiger partial charge in [-0.3, -0.25) is 19.8 Å². The molecule has 2 aromatic rings. The molecule has 1 unspecified atom stereocenters. The van der Waals surface area contributed by atoms with Crippen LogP contribution in [0.25, 0.3) is 0 Å². The molecule has 1 fully saturated rings. The van der Waals surface area contributed by atoms with E-state index in [2.05, 4.69) is 5.32 Å². The van der Waals surface area contributed by atoms with Crippen molar-refractivity contribution >= 4 is 17.6 Å². The molecule has 2 aromatic carbocycles. The van der Waals surface area contributed by atoms with Crippen molar-refractivity contribution in [2.45, 2.75) is 19.0 Å². The second kappa shape index (κ2) is 5.77. The fourth-order valence-corrected chi connectivity index (χ4v) is 2.72. The molecule has 7 nitrogen and oxygen atoms in total. The van der Waals surface area contributed by atoms with Gasteiger partial charge >= 0.3 is 6.03 Å². The molecule has 3 rings (SSSR count). The van der Waals surface area contributed by atoms with E-state index in [-0.39, 0.29) is 18.1 Å². The number of nitro benzene ring substituents is 1. The number of hydrogen-bond acceptors (Lipinski definition) is 4. The van der Waals surface area contributed by atoms with Crippen molar-refractivity contribution in [2.75, 3.05) is 0 Å². The summed E-state index contributed by atoms with van der Waals surface area (Å²) in [5.74, 6) is -0.384. The third-order valence-corrected chi connectivity index (χ3v) is 4.11. The molecular weight excluding hydrogens is 310 g/mol. The Morgan fingerprint density at radius 2 is 1.71 bits per heavy atom. The zero-order valence-electron chi connectivity index (χ0n) is 12.9. The highest BCUT2D eigenvalue weighted by molar-refractivity contribution is 6.07. The lowest BCUT2D eigenvalue weighted by molar-refractivity contribution is -0.384. The first kappa shape index (κ1) is 15.7. The van der Waals surface area contributed by atoms with Crippen LogP contribution >= 0.6 is 0 Å². The molecule has 0 bridgehead atoms. The number of amides is 3. The fourth-order valence-electron chi connectivity index (χ4n) is 2.72. The molecule has 0 saturated carbocycles. The molecule has 0 radical (unpaired) electrons. The maximum absolute atomic E-state index is 12.8. The molecule has 1 heterocycles. The summed E-state index contributed by atoms with van der Waals surface area (Å²) >= 11 is 0. The van der Waals surface area contributed by atoms with Crippen LogP contribution in [0.15, 0.2) is 54.6 Å². The highest BCUT2D eigenvalue weighted by Crippen LogP contribution is 2.30.